The minimum absolute atomic E-state index is 0.307. The number of hydrazine groups is 1. The fraction of sp³-hybridized carbons (Fsp3) is 0.182. The van der Waals surface area contributed by atoms with E-state index in [1.165, 1.54) is 23.5 Å². The molecule has 1 atom stereocenters. The molecule has 0 aliphatic heterocycles. The van der Waals surface area contributed by atoms with Crippen molar-refractivity contribution >= 4 is 11.3 Å². The van der Waals surface area contributed by atoms with Gasteiger partial charge in [-0.3, -0.25) is 5.84 Å². The molecule has 0 fully saturated rings. The number of halogens is 2. The third kappa shape index (κ3) is 2.33. The van der Waals surface area contributed by atoms with Gasteiger partial charge in [-0.2, -0.15) is 0 Å². The molecule has 90 valence electrons. The van der Waals surface area contributed by atoms with Crippen molar-refractivity contribution in [1.82, 2.24) is 10.4 Å². The van der Waals surface area contributed by atoms with Crippen LogP contribution in [-0.4, -0.2) is 4.98 Å². The standard InChI is InChI=1S/C11H11F2N3S/c1-6-11(17-5-15-6)10(16-14)8-3-2-7(12)4-9(8)13/h2-5,10,16H,14H2,1H3. The summed E-state index contributed by atoms with van der Waals surface area (Å²) in [6, 6.07) is 2.92. The highest BCUT2D eigenvalue weighted by Gasteiger charge is 2.20. The predicted molar refractivity (Wildman–Crippen MR) is 62.4 cm³/mol. The Hall–Kier alpha value is -1.37. The Bertz CT molecular complexity index is 527. The van der Waals surface area contributed by atoms with E-state index >= 15 is 0 Å². The molecule has 2 rings (SSSR count). The molecular weight excluding hydrogens is 244 g/mol. The van der Waals surface area contributed by atoms with Crippen LogP contribution in [0.4, 0.5) is 8.78 Å². The van der Waals surface area contributed by atoms with Gasteiger partial charge in [0.1, 0.15) is 11.6 Å². The fourth-order valence-electron chi connectivity index (χ4n) is 1.63. The predicted octanol–water partition coefficient (Wildman–Crippen LogP) is 2.28. The first-order valence-electron chi connectivity index (χ1n) is 4.94. The van der Waals surface area contributed by atoms with E-state index in [1.807, 2.05) is 6.92 Å². The smallest absolute Gasteiger partial charge is 0.131 e. The Balaban J connectivity index is 2.46. The van der Waals surface area contributed by atoms with Crippen LogP contribution in [0.3, 0.4) is 0 Å². The largest absolute Gasteiger partial charge is 0.271 e. The molecule has 0 saturated carbocycles. The highest BCUT2D eigenvalue weighted by atomic mass is 32.1. The summed E-state index contributed by atoms with van der Waals surface area (Å²) in [6.07, 6.45) is 0. The number of benzene rings is 1. The van der Waals surface area contributed by atoms with Crippen molar-refractivity contribution in [3.05, 3.63) is 51.5 Å². The van der Waals surface area contributed by atoms with Crippen LogP contribution in [0, 0.1) is 18.6 Å². The minimum Gasteiger partial charge on any atom is -0.271 e. The molecule has 0 aliphatic carbocycles. The number of thiazole rings is 1. The molecule has 2 aromatic rings. The lowest BCUT2D eigenvalue weighted by molar-refractivity contribution is 0.543. The molecule has 6 heteroatoms. The van der Waals surface area contributed by atoms with Crippen LogP contribution >= 0.6 is 11.3 Å². The van der Waals surface area contributed by atoms with E-state index in [0.29, 0.717) is 5.56 Å². The van der Waals surface area contributed by atoms with E-state index in [2.05, 4.69) is 10.4 Å². The van der Waals surface area contributed by atoms with Gasteiger partial charge in [-0.05, 0) is 13.0 Å². The van der Waals surface area contributed by atoms with E-state index in [4.69, 9.17) is 5.84 Å². The van der Waals surface area contributed by atoms with Crippen molar-refractivity contribution in [2.75, 3.05) is 0 Å². The van der Waals surface area contributed by atoms with Crippen molar-refractivity contribution in [3.8, 4) is 0 Å². The molecule has 17 heavy (non-hydrogen) atoms. The summed E-state index contributed by atoms with van der Waals surface area (Å²) >= 11 is 1.38. The Morgan fingerprint density at radius 1 is 1.41 bits per heavy atom. The SMILES string of the molecule is Cc1ncsc1C(NN)c1ccc(F)cc1F. The Morgan fingerprint density at radius 3 is 2.71 bits per heavy atom. The number of rotatable bonds is 3. The summed E-state index contributed by atoms with van der Waals surface area (Å²) in [4.78, 5) is 4.90. The second-order valence-electron chi connectivity index (χ2n) is 3.57. The second-order valence-corrected chi connectivity index (χ2v) is 4.45. The van der Waals surface area contributed by atoms with Crippen molar-refractivity contribution in [2.24, 2.45) is 5.84 Å². The topological polar surface area (TPSA) is 50.9 Å². The molecule has 0 amide bonds. The molecule has 0 spiro atoms. The highest BCUT2D eigenvalue weighted by molar-refractivity contribution is 7.09. The first-order chi connectivity index (χ1) is 8.13. The maximum Gasteiger partial charge on any atom is 0.131 e. The zero-order valence-corrected chi connectivity index (χ0v) is 9.89. The molecule has 1 heterocycles. The average molecular weight is 255 g/mol. The quantitative estimate of drug-likeness (QED) is 0.653. The number of nitrogens with zero attached hydrogens (tertiary/aromatic N) is 1. The lowest BCUT2D eigenvalue weighted by Crippen LogP contribution is -2.29. The highest BCUT2D eigenvalue weighted by Crippen LogP contribution is 2.29. The van der Waals surface area contributed by atoms with Crippen molar-refractivity contribution < 1.29 is 8.78 Å². The van der Waals surface area contributed by atoms with Crippen LogP contribution in [0.5, 0.6) is 0 Å². The van der Waals surface area contributed by atoms with Gasteiger partial charge in [-0.1, -0.05) is 6.07 Å². The maximum atomic E-state index is 13.7. The average Bonchev–Trinajstić information content (AvgIpc) is 2.69. The number of hydrogen-bond donors (Lipinski definition) is 2. The van der Waals surface area contributed by atoms with Gasteiger partial charge in [0, 0.05) is 11.6 Å². The first-order valence-corrected chi connectivity index (χ1v) is 5.82. The molecule has 1 aromatic heterocycles. The molecule has 3 N–H and O–H groups in total. The molecular formula is C11H11F2N3S. The van der Waals surface area contributed by atoms with Crippen molar-refractivity contribution in [3.63, 3.8) is 0 Å². The van der Waals surface area contributed by atoms with Gasteiger partial charge in [0.05, 0.1) is 22.1 Å². The van der Waals surface area contributed by atoms with E-state index in [1.54, 1.807) is 5.51 Å². The Kier molecular flexibility index (Phi) is 3.46. The van der Waals surface area contributed by atoms with Gasteiger partial charge in [0.25, 0.3) is 0 Å². The maximum absolute atomic E-state index is 13.7. The van der Waals surface area contributed by atoms with E-state index in [-0.39, 0.29) is 0 Å². The van der Waals surface area contributed by atoms with Gasteiger partial charge in [-0.25, -0.2) is 19.2 Å². The van der Waals surface area contributed by atoms with Gasteiger partial charge in [-0.15, -0.1) is 11.3 Å². The van der Waals surface area contributed by atoms with Crippen molar-refractivity contribution in [1.29, 1.82) is 0 Å². The molecule has 0 radical (unpaired) electrons. The summed E-state index contributed by atoms with van der Waals surface area (Å²) < 4.78 is 26.5. The van der Waals surface area contributed by atoms with Crippen LogP contribution in [0.15, 0.2) is 23.7 Å². The van der Waals surface area contributed by atoms with Crippen LogP contribution in [-0.2, 0) is 0 Å². The molecule has 0 saturated heterocycles. The van der Waals surface area contributed by atoms with Crippen LogP contribution in [0.25, 0.3) is 0 Å². The van der Waals surface area contributed by atoms with Gasteiger partial charge in [0.2, 0.25) is 0 Å². The van der Waals surface area contributed by atoms with E-state index < -0.39 is 17.7 Å². The summed E-state index contributed by atoms with van der Waals surface area (Å²) in [6.45, 7) is 1.82. The zero-order chi connectivity index (χ0) is 12.4. The normalized spacial score (nSPS) is 12.7. The number of nitrogens with two attached hydrogens (primary N) is 1. The Morgan fingerprint density at radius 2 is 2.18 bits per heavy atom. The zero-order valence-electron chi connectivity index (χ0n) is 9.08. The summed E-state index contributed by atoms with van der Waals surface area (Å²) in [5, 5.41) is 0. The fourth-order valence-corrected chi connectivity index (χ4v) is 2.51. The molecule has 3 nitrogen and oxygen atoms in total. The van der Waals surface area contributed by atoms with Gasteiger partial charge < -0.3 is 0 Å². The van der Waals surface area contributed by atoms with Crippen LogP contribution in [0.1, 0.15) is 22.2 Å². The number of hydrogen-bond acceptors (Lipinski definition) is 4. The van der Waals surface area contributed by atoms with Gasteiger partial charge >= 0.3 is 0 Å². The second kappa shape index (κ2) is 4.87. The molecule has 1 aromatic carbocycles. The van der Waals surface area contributed by atoms with E-state index in [0.717, 1.165) is 16.6 Å². The summed E-state index contributed by atoms with van der Waals surface area (Å²) in [7, 11) is 0. The third-order valence-corrected chi connectivity index (χ3v) is 3.48. The third-order valence-electron chi connectivity index (χ3n) is 2.48. The summed E-state index contributed by atoms with van der Waals surface area (Å²) in [5.41, 5.74) is 5.28. The van der Waals surface area contributed by atoms with E-state index in [9.17, 15) is 8.78 Å². The molecule has 0 aliphatic rings. The minimum atomic E-state index is -0.624. The van der Waals surface area contributed by atoms with Crippen LogP contribution in [0.2, 0.25) is 0 Å². The number of aromatic nitrogens is 1. The Labute approximate surface area is 101 Å². The van der Waals surface area contributed by atoms with Crippen LogP contribution < -0.4 is 11.3 Å². The first kappa shape index (κ1) is 12.1. The number of aryl methyl sites for hydroxylation is 1. The summed E-state index contributed by atoms with van der Waals surface area (Å²) in [5.74, 6) is 4.21. The van der Waals surface area contributed by atoms with Crippen molar-refractivity contribution in [2.45, 2.75) is 13.0 Å². The monoisotopic (exact) mass is 255 g/mol. The number of nitrogens with one attached hydrogen (secondary N) is 1. The van der Waals surface area contributed by atoms with Gasteiger partial charge in [0.15, 0.2) is 0 Å². The lowest BCUT2D eigenvalue weighted by atomic mass is 10.0. The molecule has 1 unspecified atom stereocenters. The molecule has 0 bridgehead atoms. The lowest BCUT2D eigenvalue weighted by Gasteiger charge is -2.16.